The number of carbonyl (C=O) groups excluding carboxylic acids is 1. The highest BCUT2D eigenvalue weighted by atomic mass is 35.5. The molecule has 0 aliphatic carbocycles. The molecule has 8 nitrogen and oxygen atoms in total. The van der Waals surface area contributed by atoms with Gasteiger partial charge >= 0.3 is 0 Å². The molecule has 38 heavy (non-hydrogen) atoms. The van der Waals surface area contributed by atoms with Gasteiger partial charge in [0, 0.05) is 6.54 Å². The Hall–Kier alpha value is -3.11. The van der Waals surface area contributed by atoms with Crippen LogP contribution in [-0.2, 0) is 21.4 Å². The van der Waals surface area contributed by atoms with Crippen molar-refractivity contribution in [2.75, 3.05) is 20.8 Å². The van der Waals surface area contributed by atoms with Gasteiger partial charge in [-0.1, -0.05) is 47.0 Å². The summed E-state index contributed by atoms with van der Waals surface area (Å²) in [6, 6.07) is 13.6. The van der Waals surface area contributed by atoms with Crippen LogP contribution < -0.4 is 14.9 Å². The number of benzene rings is 3. The molecule has 0 radical (unpaired) electrons. The number of nitrogens with zero attached hydrogens (tertiary/aromatic N) is 2. The number of aryl methyl sites for hydroxylation is 3. The van der Waals surface area contributed by atoms with Crippen LogP contribution in [0.5, 0.6) is 11.5 Å². The Morgan fingerprint density at radius 1 is 0.947 bits per heavy atom. The van der Waals surface area contributed by atoms with Crippen molar-refractivity contribution >= 4 is 45.3 Å². The molecule has 0 saturated heterocycles. The van der Waals surface area contributed by atoms with Crippen molar-refractivity contribution < 1.29 is 22.7 Å². The van der Waals surface area contributed by atoms with Crippen LogP contribution in [0.1, 0.15) is 27.8 Å². The molecule has 0 atom stereocenters. The molecule has 1 N–H and O–H groups in total. The van der Waals surface area contributed by atoms with Crippen molar-refractivity contribution in [2.24, 2.45) is 5.10 Å². The van der Waals surface area contributed by atoms with Crippen molar-refractivity contribution in [2.45, 2.75) is 32.2 Å². The number of hydrazone groups is 1. The summed E-state index contributed by atoms with van der Waals surface area (Å²) in [5.41, 5.74) is 5.75. The lowest BCUT2D eigenvalue weighted by Gasteiger charge is -2.24. The second-order valence-electron chi connectivity index (χ2n) is 8.66. The third kappa shape index (κ3) is 7.05. The molecule has 0 aliphatic rings. The van der Waals surface area contributed by atoms with E-state index in [-0.39, 0.29) is 16.5 Å². The van der Waals surface area contributed by atoms with E-state index in [4.69, 9.17) is 32.7 Å². The Balaban J connectivity index is 1.88. The van der Waals surface area contributed by atoms with Crippen molar-refractivity contribution in [1.29, 1.82) is 0 Å². The number of amides is 1. The highest BCUT2D eigenvalue weighted by molar-refractivity contribution is 7.89. The molecule has 0 aliphatic heterocycles. The van der Waals surface area contributed by atoms with Gasteiger partial charge in [0.2, 0.25) is 10.0 Å². The number of methoxy groups -OCH3 is 2. The number of hydrogen-bond acceptors (Lipinski definition) is 6. The number of ether oxygens (including phenoxy) is 2. The van der Waals surface area contributed by atoms with Gasteiger partial charge < -0.3 is 9.47 Å². The highest BCUT2D eigenvalue weighted by Crippen LogP contribution is 2.29. The van der Waals surface area contributed by atoms with Gasteiger partial charge in [0.1, 0.15) is 0 Å². The molecule has 202 valence electrons. The lowest BCUT2D eigenvalue weighted by Crippen LogP contribution is -2.39. The minimum Gasteiger partial charge on any atom is -0.493 e. The van der Waals surface area contributed by atoms with Crippen molar-refractivity contribution in [3.63, 3.8) is 0 Å². The van der Waals surface area contributed by atoms with Crippen LogP contribution in [0.2, 0.25) is 10.0 Å². The monoisotopic (exact) mass is 577 g/mol. The Morgan fingerprint density at radius 3 is 2.21 bits per heavy atom. The minimum absolute atomic E-state index is 0.0984. The second kappa shape index (κ2) is 12.6. The number of carbonyl (C=O) groups is 1. The van der Waals surface area contributed by atoms with Crippen LogP contribution in [-0.4, -0.2) is 45.6 Å². The molecule has 0 aromatic heterocycles. The fourth-order valence-corrected chi connectivity index (χ4v) is 6.19. The number of sulfonamides is 1. The zero-order valence-electron chi connectivity index (χ0n) is 21.7. The van der Waals surface area contributed by atoms with Crippen molar-refractivity contribution in [1.82, 2.24) is 9.73 Å². The SMILES string of the molecule is COc1ccc(/C=N/NC(=O)CN(Cc2ccc(Cl)c(Cl)c2)S(=O)(=O)c2c(C)cc(C)cc2C)cc1OC. The standard InChI is InChI=1S/C27H29Cl2N3O5S/c1-17-10-18(2)27(19(3)11-17)38(34,35)32(15-21-6-8-22(28)23(29)12-21)16-26(33)31-30-14-20-7-9-24(36-4)25(13-20)37-5/h6-14H,15-16H2,1-5H3,(H,31,33)/b30-14+. The van der Waals surface area contributed by atoms with Gasteiger partial charge in [0.15, 0.2) is 11.5 Å². The molecule has 3 rings (SSSR count). The van der Waals surface area contributed by atoms with E-state index in [1.54, 1.807) is 62.4 Å². The van der Waals surface area contributed by atoms with E-state index >= 15 is 0 Å². The summed E-state index contributed by atoms with van der Waals surface area (Å²) in [4.78, 5) is 13.0. The third-order valence-electron chi connectivity index (χ3n) is 5.68. The summed E-state index contributed by atoms with van der Waals surface area (Å²) in [7, 11) is -1.03. The molecule has 11 heteroatoms. The van der Waals surface area contributed by atoms with Crippen LogP contribution in [0.3, 0.4) is 0 Å². The number of rotatable bonds is 10. The predicted molar refractivity (Wildman–Crippen MR) is 150 cm³/mol. The second-order valence-corrected chi connectivity index (χ2v) is 11.3. The van der Waals surface area contributed by atoms with E-state index in [1.807, 2.05) is 6.92 Å². The third-order valence-corrected chi connectivity index (χ3v) is 8.51. The molecule has 3 aromatic rings. The summed E-state index contributed by atoms with van der Waals surface area (Å²) in [5, 5.41) is 4.61. The van der Waals surface area contributed by atoms with E-state index in [9.17, 15) is 13.2 Å². The molecule has 3 aromatic carbocycles. The van der Waals surface area contributed by atoms with E-state index in [0.29, 0.717) is 38.8 Å². The Kier molecular flexibility index (Phi) is 9.78. The van der Waals surface area contributed by atoms with E-state index in [0.717, 1.165) is 9.87 Å². The molecular weight excluding hydrogens is 549 g/mol. The molecule has 0 bridgehead atoms. The lowest BCUT2D eigenvalue weighted by atomic mass is 10.1. The van der Waals surface area contributed by atoms with Gasteiger partial charge in [-0.25, -0.2) is 13.8 Å². The summed E-state index contributed by atoms with van der Waals surface area (Å²) < 4.78 is 39.2. The van der Waals surface area contributed by atoms with Gasteiger partial charge in [0.05, 0.1) is 41.9 Å². The average molecular weight is 579 g/mol. The van der Waals surface area contributed by atoms with E-state index in [1.165, 1.54) is 20.4 Å². The van der Waals surface area contributed by atoms with Gasteiger partial charge in [-0.15, -0.1) is 0 Å². The molecule has 0 saturated carbocycles. The zero-order chi connectivity index (χ0) is 28.0. The highest BCUT2D eigenvalue weighted by Gasteiger charge is 2.30. The normalized spacial score (nSPS) is 11.7. The average Bonchev–Trinajstić information content (AvgIpc) is 2.84. The minimum atomic E-state index is -4.08. The Bertz CT molecular complexity index is 1450. The van der Waals surface area contributed by atoms with Crippen molar-refractivity contribution in [3.8, 4) is 11.5 Å². The Labute approximate surface area is 233 Å². The van der Waals surface area contributed by atoms with E-state index in [2.05, 4.69) is 10.5 Å². The summed E-state index contributed by atoms with van der Waals surface area (Å²) >= 11 is 12.2. The maximum Gasteiger partial charge on any atom is 0.255 e. The first-order valence-electron chi connectivity index (χ1n) is 11.5. The largest absolute Gasteiger partial charge is 0.493 e. The van der Waals surface area contributed by atoms with Crippen LogP contribution in [0.4, 0.5) is 0 Å². The number of nitrogens with one attached hydrogen (secondary N) is 1. The van der Waals surface area contributed by atoms with Crippen LogP contribution in [0, 0.1) is 20.8 Å². The Morgan fingerprint density at radius 2 is 1.61 bits per heavy atom. The fourth-order valence-electron chi connectivity index (χ4n) is 4.08. The molecule has 0 unspecified atom stereocenters. The van der Waals surface area contributed by atoms with Crippen molar-refractivity contribution in [3.05, 3.63) is 86.4 Å². The number of halogens is 2. The first kappa shape index (κ1) is 29.4. The molecular formula is C27H29Cl2N3O5S. The maximum atomic E-state index is 13.8. The fraction of sp³-hybridized carbons (Fsp3) is 0.259. The molecule has 1 amide bonds. The summed E-state index contributed by atoms with van der Waals surface area (Å²) in [5.74, 6) is 0.441. The first-order chi connectivity index (χ1) is 18.0. The number of hydrogen-bond donors (Lipinski definition) is 1. The lowest BCUT2D eigenvalue weighted by molar-refractivity contribution is -0.121. The van der Waals surface area contributed by atoms with Crippen LogP contribution in [0.25, 0.3) is 0 Å². The van der Waals surface area contributed by atoms with Gasteiger partial charge in [-0.2, -0.15) is 9.41 Å². The summed E-state index contributed by atoms with van der Waals surface area (Å²) in [6.07, 6.45) is 1.42. The predicted octanol–water partition coefficient (Wildman–Crippen LogP) is 5.28. The van der Waals surface area contributed by atoms with Gasteiger partial charge in [-0.3, -0.25) is 4.79 Å². The topological polar surface area (TPSA) is 97.3 Å². The molecule has 0 heterocycles. The van der Waals surface area contributed by atoms with E-state index < -0.39 is 22.5 Å². The molecule has 0 spiro atoms. The summed E-state index contributed by atoms with van der Waals surface area (Å²) in [6.45, 7) is 4.79. The van der Waals surface area contributed by atoms with Crippen LogP contribution >= 0.6 is 23.2 Å². The quantitative estimate of drug-likeness (QED) is 0.261. The molecule has 0 fully saturated rings. The van der Waals surface area contributed by atoms with Gasteiger partial charge in [-0.05, 0) is 73.4 Å². The zero-order valence-corrected chi connectivity index (χ0v) is 24.0. The van der Waals surface area contributed by atoms with Gasteiger partial charge in [0.25, 0.3) is 5.91 Å². The smallest absolute Gasteiger partial charge is 0.255 e. The maximum absolute atomic E-state index is 13.8. The van der Waals surface area contributed by atoms with Crippen LogP contribution in [0.15, 0.2) is 58.5 Å². The first-order valence-corrected chi connectivity index (χ1v) is 13.7.